The molecule has 1 aliphatic rings. The molecule has 1 saturated heterocycles. The molecular weight excluding hydrogens is 460 g/mol. The fraction of sp³-hybridized carbons (Fsp3) is 0.357. The Kier molecular flexibility index (Phi) is 8.74. The number of fused-ring (bicyclic) bond motifs is 1. The zero-order valence-electron chi connectivity index (χ0n) is 20.1. The van der Waals surface area contributed by atoms with Gasteiger partial charge >= 0.3 is 0 Å². The summed E-state index contributed by atoms with van der Waals surface area (Å²) in [7, 11) is 1.92. The summed E-state index contributed by atoms with van der Waals surface area (Å²) in [5, 5.41) is 12.6. The number of amides is 2. The second kappa shape index (κ2) is 12.2. The molecular formula is C28H33ClN4O2. The molecule has 0 bridgehead atoms. The van der Waals surface area contributed by atoms with Crippen molar-refractivity contribution in [1.29, 1.82) is 0 Å². The summed E-state index contributed by atoms with van der Waals surface area (Å²) in [5.74, 6) is 0.0000716. The molecule has 0 aromatic heterocycles. The minimum atomic E-state index is -0.285. The lowest BCUT2D eigenvalue weighted by molar-refractivity contribution is -0.133. The highest BCUT2D eigenvalue weighted by atomic mass is 35.5. The van der Waals surface area contributed by atoms with E-state index in [4.69, 9.17) is 11.6 Å². The van der Waals surface area contributed by atoms with Crippen LogP contribution >= 0.6 is 11.6 Å². The Bertz CT molecular complexity index is 1170. The number of benzene rings is 3. The molecule has 2 atom stereocenters. The second-order valence-electron chi connectivity index (χ2n) is 9.11. The Labute approximate surface area is 212 Å². The first-order chi connectivity index (χ1) is 17.0. The van der Waals surface area contributed by atoms with E-state index in [0.717, 1.165) is 42.1 Å². The minimum Gasteiger partial charge on any atom is -0.350 e. The van der Waals surface area contributed by atoms with Gasteiger partial charge in [-0.05, 0) is 73.5 Å². The number of rotatable bonds is 9. The molecule has 3 aromatic carbocycles. The summed E-state index contributed by atoms with van der Waals surface area (Å²) in [4.78, 5) is 28.2. The zero-order valence-corrected chi connectivity index (χ0v) is 20.9. The van der Waals surface area contributed by atoms with Gasteiger partial charge in [-0.25, -0.2) is 0 Å². The summed E-state index contributed by atoms with van der Waals surface area (Å²) in [6.07, 6.45) is 2.38. The van der Waals surface area contributed by atoms with Crippen LogP contribution in [0.5, 0.6) is 0 Å². The Morgan fingerprint density at radius 3 is 2.71 bits per heavy atom. The van der Waals surface area contributed by atoms with Crippen LogP contribution in [0.1, 0.15) is 35.2 Å². The summed E-state index contributed by atoms with van der Waals surface area (Å²) >= 11 is 6.16. The van der Waals surface area contributed by atoms with Gasteiger partial charge in [0.25, 0.3) is 5.91 Å². The number of halogens is 1. The van der Waals surface area contributed by atoms with Crippen molar-refractivity contribution in [3.05, 3.63) is 82.9 Å². The van der Waals surface area contributed by atoms with Crippen LogP contribution in [0.25, 0.3) is 10.8 Å². The first-order valence-electron chi connectivity index (χ1n) is 12.2. The van der Waals surface area contributed by atoms with Crippen LogP contribution in [-0.4, -0.2) is 55.5 Å². The topological polar surface area (TPSA) is 73.5 Å². The molecule has 3 N–H and O–H groups in total. The van der Waals surface area contributed by atoms with Crippen molar-refractivity contribution in [2.75, 3.05) is 26.7 Å². The number of carbonyl (C=O) groups is 2. The van der Waals surface area contributed by atoms with E-state index in [1.54, 1.807) is 0 Å². The first-order valence-corrected chi connectivity index (χ1v) is 12.6. The van der Waals surface area contributed by atoms with E-state index in [9.17, 15) is 9.59 Å². The average Bonchev–Trinajstić information content (AvgIpc) is 3.01. The van der Waals surface area contributed by atoms with Crippen LogP contribution in [-0.2, 0) is 11.3 Å². The molecule has 0 aliphatic carbocycles. The Morgan fingerprint density at radius 2 is 1.91 bits per heavy atom. The quantitative estimate of drug-likeness (QED) is 0.395. The number of carbonyl (C=O) groups excluding carboxylic acids is 2. The van der Waals surface area contributed by atoms with E-state index in [1.165, 1.54) is 0 Å². The summed E-state index contributed by atoms with van der Waals surface area (Å²) in [6.45, 7) is 2.47. The Balaban J connectivity index is 1.41. The van der Waals surface area contributed by atoms with Crippen LogP contribution in [0.15, 0.2) is 66.7 Å². The average molecular weight is 493 g/mol. The van der Waals surface area contributed by atoms with Crippen molar-refractivity contribution < 1.29 is 9.59 Å². The molecule has 35 heavy (non-hydrogen) atoms. The maximum absolute atomic E-state index is 13.4. The predicted octanol–water partition coefficient (Wildman–Crippen LogP) is 3.98. The van der Waals surface area contributed by atoms with E-state index in [2.05, 4.69) is 16.0 Å². The van der Waals surface area contributed by atoms with Gasteiger partial charge in [0.2, 0.25) is 5.91 Å². The predicted molar refractivity (Wildman–Crippen MR) is 142 cm³/mol. The molecule has 184 valence electrons. The smallest absolute Gasteiger partial charge is 0.251 e. The van der Waals surface area contributed by atoms with Gasteiger partial charge in [-0.2, -0.15) is 0 Å². The van der Waals surface area contributed by atoms with E-state index in [-0.39, 0.29) is 23.9 Å². The van der Waals surface area contributed by atoms with Crippen LogP contribution in [0.4, 0.5) is 0 Å². The third-order valence-corrected chi connectivity index (χ3v) is 6.73. The van der Waals surface area contributed by atoms with Crippen molar-refractivity contribution in [2.24, 2.45) is 0 Å². The van der Waals surface area contributed by atoms with Gasteiger partial charge < -0.3 is 20.9 Å². The van der Waals surface area contributed by atoms with Gasteiger partial charge in [0.05, 0.1) is 6.04 Å². The maximum atomic E-state index is 13.4. The molecule has 1 fully saturated rings. The highest BCUT2D eigenvalue weighted by Gasteiger charge is 2.30. The first kappa shape index (κ1) is 25.2. The standard InChI is InChI=1S/C28H33ClN4O2/c1-30-14-5-10-26-28(35)33(19-20-6-4-9-24(29)16-20)15-13-25(32-26)18-31-27(34)23-12-11-21-7-2-3-8-22(21)17-23/h2-4,6-9,11-12,16-17,25-26,30,32H,5,10,13-15,18-19H2,1H3,(H,31,34). The molecule has 1 heterocycles. The zero-order chi connectivity index (χ0) is 24.6. The van der Waals surface area contributed by atoms with Gasteiger partial charge in [0.1, 0.15) is 0 Å². The normalized spacial score (nSPS) is 18.5. The van der Waals surface area contributed by atoms with Crippen molar-refractivity contribution in [1.82, 2.24) is 20.9 Å². The van der Waals surface area contributed by atoms with Gasteiger partial charge in [-0.15, -0.1) is 0 Å². The Morgan fingerprint density at radius 1 is 1.09 bits per heavy atom. The summed E-state index contributed by atoms with van der Waals surface area (Å²) in [5.41, 5.74) is 1.66. The van der Waals surface area contributed by atoms with Crippen molar-refractivity contribution in [3.63, 3.8) is 0 Å². The highest BCUT2D eigenvalue weighted by Crippen LogP contribution is 2.18. The van der Waals surface area contributed by atoms with Crippen LogP contribution < -0.4 is 16.0 Å². The van der Waals surface area contributed by atoms with E-state index < -0.39 is 0 Å². The van der Waals surface area contributed by atoms with Gasteiger partial charge in [-0.3, -0.25) is 9.59 Å². The molecule has 0 spiro atoms. The second-order valence-corrected chi connectivity index (χ2v) is 9.55. The van der Waals surface area contributed by atoms with Crippen molar-refractivity contribution in [2.45, 2.75) is 37.9 Å². The molecule has 0 saturated carbocycles. The number of hydrogen-bond donors (Lipinski definition) is 3. The lowest BCUT2D eigenvalue weighted by atomic mass is 10.1. The highest BCUT2D eigenvalue weighted by molar-refractivity contribution is 6.30. The maximum Gasteiger partial charge on any atom is 0.251 e. The third kappa shape index (κ3) is 6.82. The van der Waals surface area contributed by atoms with Gasteiger partial charge in [-0.1, -0.05) is 54.1 Å². The van der Waals surface area contributed by atoms with E-state index >= 15 is 0 Å². The lowest BCUT2D eigenvalue weighted by Gasteiger charge is -2.25. The Hall–Kier alpha value is -2.93. The van der Waals surface area contributed by atoms with Gasteiger partial charge in [0.15, 0.2) is 0 Å². The molecule has 0 radical (unpaired) electrons. The fourth-order valence-electron chi connectivity index (χ4n) is 4.59. The van der Waals surface area contributed by atoms with Crippen molar-refractivity contribution in [3.8, 4) is 0 Å². The SMILES string of the molecule is CNCCCC1NC(CNC(=O)c2ccc3ccccc3c2)CCN(Cc2cccc(Cl)c2)C1=O. The molecule has 4 rings (SSSR count). The minimum absolute atomic E-state index is 0.00676. The largest absolute Gasteiger partial charge is 0.350 e. The molecule has 3 aromatic rings. The fourth-order valence-corrected chi connectivity index (χ4v) is 4.81. The monoisotopic (exact) mass is 492 g/mol. The summed E-state index contributed by atoms with van der Waals surface area (Å²) in [6, 6.07) is 21.1. The number of nitrogens with one attached hydrogen (secondary N) is 3. The van der Waals surface area contributed by atoms with Gasteiger partial charge in [0, 0.05) is 36.3 Å². The van der Waals surface area contributed by atoms with Crippen molar-refractivity contribution >= 4 is 34.2 Å². The number of nitrogens with zero attached hydrogens (tertiary/aromatic N) is 1. The lowest BCUT2D eigenvalue weighted by Crippen LogP contribution is -2.48. The third-order valence-electron chi connectivity index (χ3n) is 6.50. The molecule has 7 heteroatoms. The summed E-state index contributed by atoms with van der Waals surface area (Å²) < 4.78 is 0. The molecule has 2 amide bonds. The number of hydrogen-bond acceptors (Lipinski definition) is 4. The molecule has 6 nitrogen and oxygen atoms in total. The van der Waals surface area contributed by atoms with Crippen LogP contribution in [0.3, 0.4) is 0 Å². The molecule has 2 unspecified atom stereocenters. The van der Waals surface area contributed by atoms with E-state index in [1.807, 2.05) is 78.7 Å². The van der Waals surface area contributed by atoms with Crippen LogP contribution in [0, 0.1) is 0 Å². The van der Waals surface area contributed by atoms with E-state index in [0.29, 0.717) is 30.2 Å². The molecule has 1 aliphatic heterocycles. The van der Waals surface area contributed by atoms with Crippen LogP contribution in [0.2, 0.25) is 5.02 Å².